The van der Waals surface area contributed by atoms with Crippen molar-refractivity contribution in [3.63, 3.8) is 0 Å². The Morgan fingerprint density at radius 1 is 1.05 bits per heavy atom. The molecule has 0 spiro atoms. The first-order valence-corrected chi connectivity index (χ1v) is 7.68. The molecule has 0 aliphatic heterocycles. The maximum atomic E-state index is 12.7. The molecule has 0 bridgehead atoms. The van der Waals surface area contributed by atoms with E-state index in [1.807, 2.05) is 41.8 Å². The number of fused-ring (bicyclic) bond motifs is 1. The summed E-state index contributed by atoms with van der Waals surface area (Å²) < 4.78 is 1.82. The lowest BCUT2D eigenvalue weighted by Gasteiger charge is -2.18. The molecular weight excluding hydrogens is 272 g/mol. The second-order valence-corrected chi connectivity index (χ2v) is 5.72. The number of hydrogen-bond donors (Lipinski definition) is 0. The SMILES string of the molecule is Cc1nc2ccccc2c(=O)n1C(C)CCc1ccccc1. The summed E-state index contributed by atoms with van der Waals surface area (Å²) in [6, 6.07) is 18.1. The number of aryl methyl sites for hydroxylation is 2. The van der Waals surface area contributed by atoms with Crippen LogP contribution in [0, 0.1) is 6.92 Å². The fourth-order valence-electron chi connectivity index (χ4n) is 2.93. The summed E-state index contributed by atoms with van der Waals surface area (Å²) in [7, 11) is 0. The van der Waals surface area contributed by atoms with E-state index in [1.165, 1.54) is 5.56 Å². The van der Waals surface area contributed by atoms with Crippen LogP contribution < -0.4 is 5.56 Å². The van der Waals surface area contributed by atoms with E-state index >= 15 is 0 Å². The number of hydrogen-bond acceptors (Lipinski definition) is 2. The van der Waals surface area contributed by atoms with E-state index < -0.39 is 0 Å². The highest BCUT2D eigenvalue weighted by atomic mass is 16.1. The van der Waals surface area contributed by atoms with Crippen molar-refractivity contribution < 1.29 is 0 Å². The van der Waals surface area contributed by atoms with E-state index in [4.69, 9.17) is 0 Å². The summed E-state index contributed by atoms with van der Waals surface area (Å²) in [5, 5.41) is 0.694. The van der Waals surface area contributed by atoms with Crippen LogP contribution in [0.4, 0.5) is 0 Å². The maximum absolute atomic E-state index is 12.7. The smallest absolute Gasteiger partial charge is 0.261 e. The quantitative estimate of drug-likeness (QED) is 0.731. The zero-order valence-electron chi connectivity index (χ0n) is 13.0. The van der Waals surface area contributed by atoms with Crippen LogP contribution in [0.5, 0.6) is 0 Å². The molecule has 1 heterocycles. The van der Waals surface area contributed by atoms with Crippen molar-refractivity contribution in [3.05, 3.63) is 76.3 Å². The molecule has 22 heavy (non-hydrogen) atoms. The number of para-hydroxylation sites is 1. The van der Waals surface area contributed by atoms with Crippen LogP contribution in [0.2, 0.25) is 0 Å². The largest absolute Gasteiger partial charge is 0.294 e. The van der Waals surface area contributed by atoms with Crippen molar-refractivity contribution in [2.75, 3.05) is 0 Å². The van der Waals surface area contributed by atoms with Crippen LogP contribution >= 0.6 is 0 Å². The van der Waals surface area contributed by atoms with Crippen LogP contribution in [0.1, 0.15) is 30.8 Å². The van der Waals surface area contributed by atoms with Crippen molar-refractivity contribution >= 4 is 10.9 Å². The zero-order valence-corrected chi connectivity index (χ0v) is 13.0. The summed E-state index contributed by atoms with van der Waals surface area (Å²) in [6.45, 7) is 4.00. The molecule has 0 aliphatic carbocycles. The molecule has 0 fully saturated rings. The Balaban J connectivity index is 1.90. The van der Waals surface area contributed by atoms with E-state index in [9.17, 15) is 4.79 Å². The normalized spacial score (nSPS) is 12.5. The van der Waals surface area contributed by atoms with Gasteiger partial charge in [-0.05, 0) is 44.4 Å². The molecule has 2 aromatic carbocycles. The summed E-state index contributed by atoms with van der Waals surface area (Å²) in [5.74, 6) is 0.782. The van der Waals surface area contributed by atoms with Crippen molar-refractivity contribution in [3.8, 4) is 0 Å². The molecule has 3 heteroatoms. The predicted molar refractivity (Wildman–Crippen MR) is 90.2 cm³/mol. The van der Waals surface area contributed by atoms with Crippen LogP contribution in [0.25, 0.3) is 10.9 Å². The van der Waals surface area contributed by atoms with Crippen molar-refractivity contribution in [1.82, 2.24) is 9.55 Å². The minimum absolute atomic E-state index is 0.0589. The number of nitrogens with zero attached hydrogens (tertiary/aromatic N) is 2. The average Bonchev–Trinajstić information content (AvgIpc) is 2.54. The van der Waals surface area contributed by atoms with E-state index in [0.29, 0.717) is 5.39 Å². The molecule has 3 aromatic rings. The third-order valence-corrected chi connectivity index (χ3v) is 4.12. The van der Waals surface area contributed by atoms with Gasteiger partial charge in [-0.2, -0.15) is 0 Å². The highest BCUT2D eigenvalue weighted by Crippen LogP contribution is 2.16. The van der Waals surface area contributed by atoms with Crippen LogP contribution in [-0.2, 0) is 6.42 Å². The maximum Gasteiger partial charge on any atom is 0.261 e. The summed E-state index contributed by atoms with van der Waals surface area (Å²) >= 11 is 0. The lowest BCUT2D eigenvalue weighted by Crippen LogP contribution is -2.27. The van der Waals surface area contributed by atoms with Crippen molar-refractivity contribution in [2.24, 2.45) is 0 Å². The van der Waals surface area contributed by atoms with Crippen molar-refractivity contribution in [1.29, 1.82) is 0 Å². The van der Waals surface area contributed by atoms with Gasteiger partial charge in [0, 0.05) is 6.04 Å². The molecule has 3 nitrogen and oxygen atoms in total. The topological polar surface area (TPSA) is 34.9 Å². The molecule has 0 aliphatic rings. The van der Waals surface area contributed by atoms with Gasteiger partial charge in [0.1, 0.15) is 5.82 Å². The fourth-order valence-corrected chi connectivity index (χ4v) is 2.93. The summed E-state index contributed by atoms with van der Waals surface area (Å²) in [6.07, 6.45) is 1.88. The molecule has 1 aromatic heterocycles. The lowest BCUT2D eigenvalue weighted by atomic mass is 10.1. The van der Waals surface area contributed by atoms with Gasteiger partial charge in [0.25, 0.3) is 5.56 Å². The van der Waals surface area contributed by atoms with Crippen LogP contribution in [0.3, 0.4) is 0 Å². The van der Waals surface area contributed by atoms with E-state index in [1.54, 1.807) is 0 Å². The van der Waals surface area contributed by atoms with Gasteiger partial charge >= 0.3 is 0 Å². The van der Waals surface area contributed by atoms with Crippen LogP contribution in [0.15, 0.2) is 59.4 Å². The second-order valence-electron chi connectivity index (χ2n) is 5.72. The summed E-state index contributed by atoms with van der Waals surface area (Å²) in [4.78, 5) is 17.3. The molecule has 0 saturated heterocycles. The molecular formula is C19H20N2O. The molecule has 3 rings (SSSR count). The first kappa shape index (κ1) is 14.5. The Kier molecular flexibility index (Phi) is 4.05. The average molecular weight is 292 g/mol. The Bertz CT molecular complexity index is 837. The van der Waals surface area contributed by atoms with E-state index in [0.717, 1.165) is 24.2 Å². The standard InChI is InChI=1S/C19H20N2O/c1-14(12-13-16-8-4-3-5-9-16)21-15(2)20-18-11-7-6-10-17(18)19(21)22/h3-11,14H,12-13H2,1-2H3. The van der Waals surface area contributed by atoms with Gasteiger partial charge < -0.3 is 0 Å². The third kappa shape index (κ3) is 2.80. The third-order valence-electron chi connectivity index (χ3n) is 4.12. The first-order chi connectivity index (χ1) is 10.7. The highest BCUT2D eigenvalue weighted by molar-refractivity contribution is 5.77. The number of rotatable bonds is 4. The highest BCUT2D eigenvalue weighted by Gasteiger charge is 2.13. The molecule has 0 saturated carbocycles. The Hall–Kier alpha value is -2.42. The fraction of sp³-hybridized carbons (Fsp3) is 0.263. The predicted octanol–water partition coefficient (Wildman–Crippen LogP) is 3.90. The van der Waals surface area contributed by atoms with Gasteiger partial charge in [0.05, 0.1) is 10.9 Å². The Labute approximate surface area is 130 Å². The monoisotopic (exact) mass is 292 g/mol. The zero-order chi connectivity index (χ0) is 15.5. The minimum atomic E-state index is 0.0589. The molecule has 1 unspecified atom stereocenters. The van der Waals surface area contributed by atoms with Gasteiger partial charge in [-0.1, -0.05) is 42.5 Å². The second kappa shape index (κ2) is 6.14. The van der Waals surface area contributed by atoms with Gasteiger partial charge in [0.2, 0.25) is 0 Å². The number of aromatic nitrogens is 2. The molecule has 1 atom stereocenters. The minimum Gasteiger partial charge on any atom is -0.294 e. The van der Waals surface area contributed by atoms with Gasteiger partial charge in [-0.25, -0.2) is 4.98 Å². The Morgan fingerprint density at radius 2 is 1.73 bits per heavy atom. The number of benzene rings is 2. The first-order valence-electron chi connectivity index (χ1n) is 7.68. The van der Waals surface area contributed by atoms with E-state index in [2.05, 4.69) is 36.2 Å². The molecule has 0 amide bonds. The molecule has 0 radical (unpaired) electrons. The van der Waals surface area contributed by atoms with Crippen LogP contribution in [-0.4, -0.2) is 9.55 Å². The Morgan fingerprint density at radius 3 is 2.50 bits per heavy atom. The van der Waals surface area contributed by atoms with E-state index in [-0.39, 0.29) is 11.6 Å². The molecule has 112 valence electrons. The lowest BCUT2D eigenvalue weighted by molar-refractivity contribution is 0.477. The van der Waals surface area contributed by atoms with Gasteiger partial charge in [-0.15, -0.1) is 0 Å². The van der Waals surface area contributed by atoms with Gasteiger partial charge in [0.15, 0.2) is 0 Å². The van der Waals surface area contributed by atoms with Gasteiger partial charge in [-0.3, -0.25) is 9.36 Å². The summed E-state index contributed by atoms with van der Waals surface area (Å²) in [5.41, 5.74) is 2.13. The van der Waals surface area contributed by atoms with Crippen molar-refractivity contribution in [2.45, 2.75) is 32.7 Å². The molecule has 0 N–H and O–H groups in total.